The van der Waals surface area contributed by atoms with Gasteiger partial charge in [0, 0.05) is 12.1 Å². The maximum atomic E-state index is 12.8. The van der Waals surface area contributed by atoms with E-state index in [2.05, 4.69) is 5.32 Å². The third-order valence-corrected chi connectivity index (χ3v) is 2.50. The van der Waals surface area contributed by atoms with Crippen LogP contribution in [-0.2, 0) is 11.2 Å². The smallest absolute Gasteiger partial charge is 0.329 e. The molecule has 1 aliphatic rings. The predicted octanol–water partition coefficient (Wildman–Crippen LogP) is 1.64. The van der Waals surface area contributed by atoms with Crippen molar-refractivity contribution in [3.63, 3.8) is 0 Å². The van der Waals surface area contributed by atoms with E-state index < -0.39 is 11.5 Å². The van der Waals surface area contributed by atoms with Crippen molar-refractivity contribution in [3.8, 4) is 0 Å². The van der Waals surface area contributed by atoms with Gasteiger partial charge in [0.1, 0.15) is 11.4 Å². The number of aliphatic carboxylic acids is 1. The highest BCUT2D eigenvalue weighted by atomic mass is 19.1. The summed E-state index contributed by atoms with van der Waals surface area (Å²) in [6.45, 7) is 1.59. The molecule has 14 heavy (non-hydrogen) atoms. The number of anilines is 1. The van der Waals surface area contributed by atoms with Gasteiger partial charge in [0.15, 0.2) is 0 Å². The summed E-state index contributed by atoms with van der Waals surface area (Å²) in [5.41, 5.74) is 0.419. The topological polar surface area (TPSA) is 49.3 Å². The summed E-state index contributed by atoms with van der Waals surface area (Å²) in [5, 5.41) is 11.8. The van der Waals surface area contributed by atoms with Gasteiger partial charge < -0.3 is 10.4 Å². The highest BCUT2D eigenvalue weighted by Crippen LogP contribution is 2.32. The van der Waals surface area contributed by atoms with E-state index in [-0.39, 0.29) is 5.82 Å². The van der Waals surface area contributed by atoms with Crippen LogP contribution in [0.2, 0.25) is 0 Å². The van der Waals surface area contributed by atoms with Gasteiger partial charge in [-0.3, -0.25) is 0 Å². The van der Waals surface area contributed by atoms with E-state index in [1.165, 1.54) is 12.1 Å². The van der Waals surface area contributed by atoms with Crippen molar-refractivity contribution in [2.24, 2.45) is 0 Å². The van der Waals surface area contributed by atoms with E-state index >= 15 is 0 Å². The molecule has 2 N–H and O–H groups in total. The Hall–Kier alpha value is -1.58. The number of hydrogen-bond donors (Lipinski definition) is 2. The van der Waals surface area contributed by atoms with Crippen LogP contribution in [0.1, 0.15) is 12.5 Å². The van der Waals surface area contributed by atoms with Gasteiger partial charge in [0.05, 0.1) is 0 Å². The van der Waals surface area contributed by atoms with Crippen LogP contribution in [0.15, 0.2) is 18.2 Å². The number of halogens is 1. The summed E-state index contributed by atoms with van der Waals surface area (Å²) in [4.78, 5) is 10.9. The van der Waals surface area contributed by atoms with Crippen molar-refractivity contribution in [2.75, 3.05) is 5.32 Å². The number of carbonyl (C=O) groups is 1. The first kappa shape index (κ1) is 8.99. The molecular weight excluding hydrogens is 185 g/mol. The molecule has 2 rings (SSSR count). The van der Waals surface area contributed by atoms with E-state index in [4.69, 9.17) is 5.11 Å². The fourth-order valence-corrected chi connectivity index (χ4v) is 1.67. The lowest BCUT2D eigenvalue weighted by Crippen LogP contribution is -2.41. The molecule has 0 aromatic heterocycles. The van der Waals surface area contributed by atoms with Crippen LogP contribution in [0.3, 0.4) is 0 Å². The van der Waals surface area contributed by atoms with Gasteiger partial charge in [0.25, 0.3) is 0 Å². The number of fused-ring (bicyclic) bond motifs is 1. The standard InChI is InChI=1S/C10H10FNO2/c1-10(9(13)14)5-6-2-3-7(11)4-8(6)12-10/h2-4,12H,5H2,1H3,(H,13,14). The van der Waals surface area contributed by atoms with Crippen molar-refractivity contribution >= 4 is 11.7 Å². The summed E-state index contributed by atoms with van der Waals surface area (Å²) >= 11 is 0. The van der Waals surface area contributed by atoms with Crippen molar-refractivity contribution in [3.05, 3.63) is 29.6 Å². The number of hydrogen-bond acceptors (Lipinski definition) is 2. The van der Waals surface area contributed by atoms with Gasteiger partial charge in [-0.25, -0.2) is 9.18 Å². The van der Waals surface area contributed by atoms with Crippen LogP contribution < -0.4 is 5.32 Å². The van der Waals surface area contributed by atoms with Gasteiger partial charge in [-0.2, -0.15) is 0 Å². The largest absolute Gasteiger partial charge is 0.480 e. The van der Waals surface area contributed by atoms with Gasteiger partial charge in [-0.1, -0.05) is 6.07 Å². The Labute approximate surface area is 80.6 Å². The lowest BCUT2D eigenvalue weighted by Gasteiger charge is -2.18. The van der Waals surface area contributed by atoms with Crippen LogP contribution in [0, 0.1) is 5.82 Å². The zero-order valence-corrected chi connectivity index (χ0v) is 7.67. The van der Waals surface area contributed by atoms with E-state index in [9.17, 15) is 9.18 Å². The predicted molar refractivity (Wildman–Crippen MR) is 49.8 cm³/mol. The molecule has 0 saturated carbocycles. The van der Waals surface area contributed by atoms with Crippen LogP contribution in [0.25, 0.3) is 0 Å². The van der Waals surface area contributed by atoms with Crippen molar-refractivity contribution in [1.29, 1.82) is 0 Å². The summed E-state index contributed by atoms with van der Waals surface area (Å²) in [6, 6.07) is 4.28. The maximum absolute atomic E-state index is 12.8. The van der Waals surface area contributed by atoms with Crippen LogP contribution in [0.4, 0.5) is 10.1 Å². The van der Waals surface area contributed by atoms with Crippen molar-refractivity contribution in [2.45, 2.75) is 18.9 Å². The number of carboxylic acids is 1. The Morgan fingerprint density at radius 2 is 2.36 bits per heavy atom. The van der Waals surface area contributed by atoms with Crippen LogP contribution >= 0.6 is 0 Å². The van der Waals surface area contributed by atoms with E-state index in [1.54, 1.807) is 13.0 Å². The molecule has 0 radical (unpaired) electrons. The highest BCUT2D eigenvalue weighted by Gasteiger charge is 2.39. The summed E-state index contributed by atoms with van der Waals surface area (Å²) < 4.78 is 12.8. The molecule has 4 heteroatoms. The second kappa shape index (κ2) is 2.70. The maximum Gasteiger partial charge on any atom is 0.329 e. The molecule has 0 aliphatic carbocycles. The first-order valence-corrected chi connectivity index (χ1v) is 4.31. The molecule has 0 spiro atoms. The molecule has 3 nitrogen and oxygen atoms in total. The van der Waals surface area contributed by atoms with E-state index in [1.807, 2.05) is 0 Å². The van der Waals surface area contributed by atoms with Gasteiger partial charge in [0.2, 0.25) is 0 Å². The Morgan fingerprint density at radius 1 is 1.64 bits per heavy atom. The Bertz CT molecular complexity index is 405. The second-order valence-electron chi connectivity index (χ2n) is 3.74. The average molecular weight is 195 g/mol. The van der Waals surface area contributed by atoms with Gasteiger partial charge in [-0.15, -0.1) is 0 Å². The molecule has 1 aromatic carbocycles. The minimum absolute atomic E-state index is 0.356. The quantitative estimate of drug-likeness (QED) is 0.716. The second-order valence-corrected chi connectivity index (χ2v) is 3.74. The van der Waals surface area contributed by atoms with Crippen molar-refractivity contribution in [1.82, 2.24) is 0 Å². The molecule has 1 aliphatic heterocycles. The molecule has 1 heterocycles. The number of rotatable bonds is 1. The van der Waals surface area contributed by atoms with Crippen molar-refractivity contribution < 1.29 is 14.3 Å². The van der Waals surface area contributed by atoms with Gasteiger partial charge in [-0.05, 0) is 24.6 Å². The van der Waals surface area contributed by atoms with Crippen LogP contribution in [0.5, 0.6) is 0 Å². The minimum Gasteiger partial charge on any atom is -0.480 e. The van der Waals surface area contributed by atoms with E-state index in [0.717, 1.165) is 5.56 Å². The molecule has 1 unspecified atom stereocenters. The highest BCUT2D eigenvalue weighted by molar-refractivity contribution is 5.85. The molecule has 1 aromatic rings. The molecular formula is C10H10FNO2. The molecule has 0 bridgehead atoms. The Morgan fingerprint density at radius 3 is 3.00 bits per heavy atom. The summed E-state index contributed by atoms with van der Waals surface area (Å²) in [7, 11) is 0. The van der Waals surface area contributed by atoms with Gasteiger partial charge >= 0.3 is 5.97 Å². The zero-order valence-electron chi connectivity index (χ0n) is 7.67. The molecule has 0 amide bonds. The molecule has 74 valence electrons. The first-order chi connectivity index (χ1) is 6.51. The zero-order chi connectivity index (χ0) is 10.3. The average Bonchev–Trinajstić information content (AvgIpc) is 2.42. The summed E-state index contributed by atoms with van der Waals surface area (Å²) in [6.07, 6.45) is 0.387. The number of benzene rings is 1. The normalized spacial score (nSPS) is 24.1. The first-order valence-electron chi connectivity index (χ1n) is 4.31. The fraction of sp³-hybridized carbons (Fsp3) is 0.300. The number of nitrogens with one attached hydrogen (secondary N) is 1. The monoisotopic (exact) mass is 195 g/mol. The molecule has 1 atom stereocenters. The SMILES string of the molecule is CC1(C(=O)O)Cc2ccc(F)cc2N1. The third-order valence-electron chi connectivity index (χ3n) is 2.50. The third kappa shape index (κ3) is 1.23. The Balaban J connectivity index is 2.39. The Kier molecular flexibility index (Phi) is 1.74. The molecule has 0 saturated heterocycles. The van der Waals surface area contributed by atoms with E-state index in [0.29, 0.717) is 12.1 Å². The minimum atomic E-state index is -1.00. The lowest BCUT2D eigenvalue weighted by atomic mass is 9.98. The van der Waals surface area contributed by atoms with Crippen LogP contribution in [-0.4, -0.2) is 16.6 Å². The fourth-order valence-electron chi connectivity index (χ4n) is 1.67. The molecule has 0 fully saturated rings. The lowest BCUT2D eigenvalue weighted by molar-refractivity contribution is -0.141. The summed E-state index contributed by atoms with van der Waals surface area (Å²) in [5.74, 6) is -1.28. The number of carboxylic acid groups (broad SMARTS) is 1.